The summed E-state index contributed by atoms with van der Waals surface area (Å²) in [7, 11) is 0. The number of ether oxygens (including phenoxy) is 2. The van der Waals surface area contributed by atoms with Crippen molar-refractivity contribution in [2.75, 3.05) is 13.2 Å². The molecule has 25 heavy (non-hydrogen) atoms. The average Bonchev–Trinajstić information content (AvgIpc) is 2.88. The Bertz CT molecular complexity index is 648. The van der Waals surface area contributed by atoms with Gasteiger partial charge >= 0.3 is 0 Å². The molecule has 3 N–H and O–H groups in total. The lowest BCUT2D eigenvalue weighted by Crippen LogP contribution is -2.51. The fourth-order valence-corrected chi connectivity index (χ4v) is 3.24. The van der Waals surface area contributed by atoms with Crippen molar-refractivity contribution in [1.29, 1.82) is 0 Å². The monoisotopic (exact) mass is 344 g/mol. The number of benzene rings is 2. The molecule has 0 spiro atoms. The molecule has 0 bridgehead atoms. The summed E-state index contributed by atoms with van der Waals surface area (Å²) in [4.78, 5) is 0. The Kier molecular flexibility index (Phi) is 5.83. The highest BCUT2D eigenvalue weighted by molar-refractivity contribution is 5.20. The molecule has 3 rings (SSSR count). The highest BCUT2D eigenvalue weighted by atomic mass is 16.6. The van der Waals surface area contributed by atoms with E-state index in [-0.39, 0.29) is 19.6 Å². The molecular formula is C20H24O5. The van der Waals surface area contributed by atoms with Crippen LogP contribution in [-0.4, -0.2) is 52.4 Å². The molecule has 0 radical (unpaired) electrons. The smallest absolute Gasteiger partial charge is 0.125 e. The van der Waals surface area contributed by atoms with Crippen LogP contribution in [0.15, 0.2) is 60.7 Å². The van der Waals surface area contributed by atoms with Gasteiger partial charge in [-0.3, -0.25) is 0 Å². The zero-order chi connectivity index (χ0) is 17.7. The van der Waals surface area contributed by atoms with Gasteiger partial charge in [0.2, 0.25) is 0 Å². The minimum atomic E-state index is -1.51. The van der Waals surface area contributed by atoms with Crippen LogP contribution in [0.1, 0.15) is 11.1 Å². The average molecular weight is 344 g/mol. The lowest BCUT2D eigenvalue weighted by atomic mass is 9.84. The summed E-state index contributed by atoms with van der Waals surface area (Å²) in [6.07, 6.45) is -2.49. The van der Waals surface area contributed by atoms with Crippen molar-refractivity contribution in [2.45, 2.75) is 36.9 Å². The fraction of sp³-hybridized carbons (Fsp3) is 0.400. The van der Waals surface area contributed by atoms with Crippen molar-refractivity contribution < 1.29 is 24.8 Å². The van der Waals surface area contributed by atoms with Gasteiger partial charge in [0, 0.05) is 6.42 Å². The maximum atomic E-state index is 11.1. The molecule has 2 aromatic carbocycles. The van der Waals surface area contributed by atoms with Crippen molar-refractivity contribution in [2.24, 2.45) is 0 Å². The highest BCUT2D eigenvalue weighted by Crippen LogP contribution is 2.34. The molecular weight excluding hydrogens is 320 g/mol. The fourth-order valence-electron chi connectivity index (χ4n) is 3.24. The molecule has 2 aromatic rings. The maximum Gasteiger partial charge on any atom is 0.125 e. The topological polar surface area (TPSA) is 79.2 Å². The third-order valence-corrected chi connectivity index (χ3v) is 4.65. The number of hydrogen-bond donors (Lipinski definition) is 3. The van der Waals surface area contributed by atoms with Crippen LogP contribution in [0.5, 0.6) is 0 Å². The molecule has 0 amide bonds. The minimum Gasteiger partial charge on any atom is -0.394 e. The summed E-state index contributed by atoms with van der Waals surface area (Å²) in [5, 5.41) is 31.0. The van der Waals surface area contributed by atoms with Gasteiger partial charge in [-0.15, -0.1) is 0 Å². The van der Waals surface area contributed by atoms with Crippen molar-refractivity contribution in [3.05, 3.63) is 71.8 Å². The summed E-state index contributed by atoms with van der Waals surface area (Å²) in [5.74, 6) is 0. The van der Waals surface area contributed by atoms with Gasteiger partial charge in [0.15, 0.2) is 0 Å². The van der Waals surface area contributed by atoms with E-state index in [2.05, 4.69) is 0 Å². The van der Waals surface area contributed by atoms with E-state index < -0.39 is 23.9 Å². The standard InChI is InChI=1S/C20H24O5/c21-12-17-19(22)20(23,11-15-7-3-1-4-8-15)18(25-17)14-24-13-16-9-5-2-6-10-16/h1-10,17-19,21-23H,11-14H2/t17-,18+,19+,20+/m0/s1. The van der Waals surface area contributed by atoms with Gasteiger partial charge in [0.1, 0.15) is 23.9 Å². The van der Waals surface area contributed by atoms with E-state index in [0.717, 1.165) is 11.1 Å². The van der Waals surface area contributed by atoms with Crippen LogP contribution in [0.2, 0.25) is 0 Å². The molecule has 4 atom stereocenters. The number of rotatable bonds is 7. The van der Waals surface area contributed by atoms with Crippen molar-refractivity contribution in [1.82, 2.24) is 0 Å². The largest absolute Gasteiger partial charge is 0.394 e. The van der Waals surface area contributed by atoms with Crippen LogP contribution < -0.4 is 0 Å². The van der Waals surface area contributed by atoms with E-state index in [1.165, 1.54) is 0 Å². The van der Waals surface area contributed by atoms with Crippen LogP contribution >= 0.6 is 0 Å². The van der Waals surface area contributed by atoms with Gasteiger partial charge in [0.05, 0.1) is 19.8 Å². The Morgan fingerprint density at radius 1 is 0.960 bits per heavy atom. The summed E-state index contributed by atoms with van der Waals surface area (Å²) in [5.41, 5.74) is 0.400. The normalized spacial score (nSPS) is 29.0. The zero-order valence-corrected chi connectivity index (χ0v) is 14.0. The van der Waals surface area contributed by atoms with Crippen molar-refractivity contribution in [3.63, 3.8) is 0 Å². The van der Waals surface area contributed by atoms with Crippen molar-refractivity contribution in [3.8, 4) is 0 Å². The molecule has 0 aliphatic carbocycles. The molecule has 0 unspecified atom stereocenters. The number of aliphatic hydroxyl groups is 3. The lowest BCUT2D eigenvalue weighted by molar-refractivity contribution is -0.105. The molecule has 5 nitrogen and oxygen atoms in total. The van der Waals surface area contributed by atoms with E-state index in [4.69, 9.17) is 9.47 Å². The summed E-state index contributed by atoms with van der Waals surface area (Å²) < 4.78 is 11.4. The Morgan fingerprint density at radius 2 is 1.56 bits per heavy atom. The molecule has 0 aromatic heterocycles. The van der Waals surface area contributed by atoms with E-state index in [1.807, 2.05) is 60.7 Å². The van der Waals surface area contributed by atoms with E-state index >= 15 is 0 Å². The molecule has 0 saturated carbocycles. The first kappa shape index (κ1) is 18.0. The van der Waals surface area contributed by atoms with Crippen LogP contribution in [0.4, 0.5) is 0 Å². The first-order chi connectivity index (χ1) is 12.1. The third-order valence-electron chi connectivity index (χ3n) is 4.65. The first-order valence-corrected chi connectivity index (χ1v) is 8.46. The predicted molar refractivity (Wildman–Crippen MR) is 92.9 cm³/mol. The Balaban J connectivity index is 1.68. The SMILES string of the molecule is OC[C@@H]1O[C@H](COCc2ccccc2)[C@](O)(Cc2ccccc2)[C@@H]1O. The minimum absolute atomic E-state index is 0.131. The molecule has 134 valence electrons. The maximum absolute atomic E-state index is 11.1. The predicted octanol–water partition coefficient (Wildman–Crippen LogP) is 1.30. The second-order valence-electron chi connectivity index (χ2n) is 6.44. The van der Waals surface area contributed by atoms with E-state index in [0.29, 0.717) is 6.61 Å². The van der Waals surface area contributed by atoms with Crippen LogP contribution in [-0.2, 0) is 22.5 Å². The summed E-state index contributed by atoms with van der Waals surface area (Å²) in [6, 6.07) is 19.1. The Morgan fingerprint density at radius 3 is 2.16 bits per heavy atom. The lowest BCUT2D eigenvalue weighted by Gasteiger charge is -2.31. The summed E-state index contributed by atoms with van der Waals surface area (Å²) in [6.45, 7) is 0.168. The molecule has 1 fully saturated rings. The van der Waals surface area contributed by atoms with Crippen LogP contribution in [0, 0.1) is 0 Å². The van der Waals surface area contributed by atoms with E-state index in [1.54, 1.807) is 0 Å². The van der Waals surface area contributed by atoms with Crippen molar-refractivity contribution >= 4 is 0 Å². The molecule has 1 aliphatic heterocycles. The van der Waals surface area contributed by atoms with Gasteiger partial charge in [-0.1, -0.05) is 60.7 Å². The van der Waals surface area contributed by atoms with Crippen LogP contribution in [0.25, 0.3) is 0 Å². The summed E-state index contributed by atoms with van der Waals surface area (Å²) >= 11 is 0. The van der Waals surface area contributed by atoms with Gasteiger partial charge < -0.3 is 24.8 Å². The van der Waals surface area contributed by atoms with Gasteiger partial charge in [-0.2, -0.15) is 0 Å². The Hall–Kier alpha value is -1.76. The molecule has 1 heterocycles. The quantitative estimate of drug-likeness (QED) is 0.706. The molecule has 1 saturated heterocycles. The first-order valence-electron chi connectivity index (χ1n) is 8.46. The second kappa shape index (κ2) is 8.08. The third kappa shape index (κ3) is 4.08. The molecule has 1 aliphatic rings. The van der Waals surface area contributed by atoms with Gasteiger partial charge in [-0.25, -0.2) is 0 Å². The van der Waals surface area contributed by atoms with Crippen LogP contribution in [0.3, 0.4) is 0 Å². The second-order valence-corrected chi connectivity index (χ2v) is 6.44. The zero-order valence-electron chi connectivity index (χ0n) is 14.0. The van der Waals surface area contributed by atoms with Gasteiger partial charge in [0.25, 0.3) is 0 Å². The van der Waals surface area contributed by atoms with Gasteiger partial charge in [-0.05, 0) is 11.1 Å². The number of hydrogen-bond acceptors (Lipinski definition) is 5. The molecule has 5 heteroatoms. The Labute approximate surface area is 147 Å². The van der Waals surface area contributed by atoms with E-state index in [9.17, 15) is 15.3 Å². The number of aliphatic hydroxyl groups excluding tert-OH is 2. The highest BCUT2D eigenvalue weighted by Gasteiger charge is 2.54.